The monoisotopic (exact) mass is 453 g/mol. The van der Waals surface area contributed by atoms with Gasteiger partial charge in [-0.1, -0.05) is 37.3 Å². The van der Waals surface area contributed by atoms with E-state index < -0.39 is 15.5 Å². The van der Waals surface area contributed by atoms with E-state index >= 15 is 0 Å². The van der Waals surface area contributed by atoms with Crippen LogP contribution in [0.2, 0.25) is 0 Å². The fraction of sp³-hybridized carbons (Fsp3) is 0.130. The number of aliphatic hydroxyl groups excluding tert-OH is 1. The van der Waals surface area contributed by atoms with E-state index in [-0.39, 0.29) is 33.2 Å². The van der Waals surface area contributed by atoms with Crippen LogP contribution in [0.1, 0.15) is 23.1 Å². The van der Waals surface area contributed by atoms with Gasteiger partial charge in [-0.3, -0.25) is 0 Å². The summed E-state index contributed by atoms with van der Waals surface area (Å²) in [7, 11) is -3.43. The number of thiophene rings is 1. The Morgan fingerprint density at radius 2 is 1.90 bits per heavy atom. The van der Waals surface area contributed by atoms with E-state index in [2.05, 4.69) is 4.98 Å². The zero-order valence-electron chi connectivity index (χ0n) is 16.8. The van der Waals surface area contributed by atoms with Crippen molar-refractivity contribution in [3.63, 3.8) is 0 Å². The minimum absolute atomic E-state index is 0.0514. The van der Waals surface area contributed by atoms with Gasteiger partial charge in [0, 0.05) is 11.0 Å². The summed E-state index contributed by atoms with van der Waals surface area (Å²) in [6.45, 7) is 3.43. The van der Waals surface area contributed by atoms with Crippen LogP contribution < -0.4 is 5.63 Å². The first kappa shape index (κ1) is 21.0. The van der Waals surface area contributed by atoms with Gasteiger partial charge in [0.25, 0.3) is 0 Å². The maximum Gasteiger partial charge on any atom is 0.362 e. The molecule has 2 aromatic carbocycles. The van der Waals surface area contributed by atoms with Gasteiger partial charge in [-0.05, 0) is 42.3 Å². The summed E-state index contributed by atoms with van der Waals surface area (Å²) in [5.41, 5.74) is 1.46. The van der Waals surface area contributed by atoms with Gasteiger partial charge in [0.1, 0.15) is 11.3 Å². The minimum Gasteiger partial charge on any atom is -0.506 e. The van der Waals surface area contributed by atoms with Crippen molar-refractivity contribution < 1.29 is 17.9 Å². The van der Waals surface area contributed by atoms with Crippen molar-refractivity contribution in [1.29, 1.82) is 0 Å². The van der Waals surface area contributed by atoms with Crippen molar-refractivity contribution in [3.05, 3.63) is 81.2 Å². The van der Waals surface area contributed by atoms with Crippen molar-refractivity contribution in [3.8, 4) is 10.4 Å². The predicted molar refractivity (Wildman–Crippen MR) is 123 cm³/mol. The molecular formula is C23H19NO5S2. The molecule has 31 heavy (non-hydrogen) atoms. The number of rotatable bonds is 5. The fourth-order valence-electron chi connectivity index (χ4n) is 3.13. The molecule has 0 aliphatic heterocycles. The van der Waals surface area contributed by atoms with Crippen LogP contribution in [-0.4, -0.2) is 24.3 Å². The van der Waals surface area contributed by atoms with E-state index in [1.54, 1.807) is 6.92 Å². The summed E-state index contributed by atoms with van der Waals surface area (Å²) in [6, 6.07) is 15.9. The largest absolute Gasteiger partial charge is 0.506 e. The molecule has 0 aliphatic carbocycles. The molecule has 2 heterocycles. The SMILES string of the molecule is CCS(=O)(=O)c1ccc2oc(=O)c(/C=C(\O)c3sc(-c4ccccc4)cc3C)nc2c1. The molecule has 0 unspecified atom stereocenters. The van der Waals surface area contributed by atoms with Gasteiger partial charge in [-0.15, -0.1) is 11.3 Å². The molecule has 0 saturated carbocycles. The molecule has 0 amide bonds. The molecule has 6 nitrogen and oxygen atoms in total. The van der Waals surface area contributed by atoms with Gasteiger partial charge in [0.05, 0.1) is 15.5 Å². The zero-order valence-corrected chi connectivity index (χ0v) is 18.5. The van der Waals surface area contributed by atoms with Crippen LogP contribution in [0.25, 0.3) is 33.4 Å². The maximum atomic E-state index is 12.3. The topological polar surface area (TPSA) is 97.5 Å². The number of aromatic nitrogens is 1. The number of nitrogens with zero attached hydrogens (tertiary/aromatic N) is 1. The summed E-state index contributed by atoms with van der Waals surface area (Å²) in [5.74, 6) is -0.161. The van der Waals surface area contributed by atoms with Gasteiger partial charge in [0.15, 0.2) is 21.1 Å². The van der Waals surface area contributed by atoms with Gasteiger partial charge in [-0.2, -0.15) is 0 Å². The quantitative estimate of drug-likeness (QED) is 0.424. The van der Waals surface area contributed by atoms with Gasteiger partial charge >= 0.3 is 5.63 Å². The minimum atomic E-state index is -3.43. The van der Waals surface area contributed by atoms with Crippen LogP contribution in [0.5, 0.6) is 0 Å². The van der Waals surface area contributed by atoms with Crippen molar-refractivity contribution in [1.82, 2.24) is 4.98 Å². The first-order valence-corrected chi connectivity index (χ1v) is 12.0. The summed E-state index contributed by atoms with van der Waals surface area (Å²) in [6.07, 6.45) is 1.25. The number of aryl methyl sites for hydroxylation is 1. The third kappa shape index (κ3) is 4.17. The molecule has 8 heteroatoms. The summed E-state index contributed by atoms with van der Waals surface area (Å²) in [4.78, 5) is 18.3. The van der Waals surface area contributed by atoms with Crippen LogP contribution in [0.3, 0.4) is 0 Å². The Balaban J connectivity index is 1.77. The second kappa shape index (κ2) is 8.13. The number of sulfone groups is 1. The molecule has 1 N–H and O–H groups in total. The van der Waals surface area contributed by atoms with Crippen LogP contribution >= 0.6 is 11.3 Å². The lowest BCUT2D eigenvalue weighted by atomic mass is 10.1. The van der Waals surface area contributed by atoms with Crippen LogP contribution in [0.4, 0.5) is 0 Å². The average Bonchev–Trinajstić information content (AvgIpc) is 3.16. The highest BCUT2D eigenvalue weighted by atomic mass is 32.2. The van der Waals surface area contributed by atoms with Crippen molar-refractivity contribution in [2.24, 2.45) is 0 Å². The van der Waals surface area contributed by atoms with E-state index in [1.807, 2.05) is 43.3 Å². The van der Waals surface area contributed by atoms with E-state index in [1.165, 1.54) is 35.6 Å². The van der Waals surface area contributed by atoms with E-state index in [4.69, 9.17) is 4.42 Å². The van der Waals surface area contributed by atoms with E-state index in [9.17, 15) is 18.3 Å². The summed E-state index contributed by atoms with van der Waals surface area (Å²) < 4.78 is 29.6. The Morgan fingerprint density at radius 1 is 1.16 bits per heavy atom. The van der Waals surface area contributed by atoms with Crippen LogP contribution in [0, 0.1) is 6.92 Å². The highest BCUT2D eigenvalue weighted by molar-refractivity contribution is 7.91. The third-order valence-corrected chi connectivity index (χ3v) is 7.85. The smallest absolute Gasteiger partial charge is 0.362 e. The summed E-state index contributed by atoms with van der Waals surface area (Å²) in [5, 5.41) is 10.7. The van der Waals surface area contributed by atoms with Crippen LogP contribution in [-0.2, 0) is 9.84 Å². The van der Waals surface area contributed by atoms with Gasteiger partial charge in [-0.25, -0.2) is 18.2 Å². The Kier molecular flexibility index (Phi) is 5.51. The number of hydrogen-bond acceptors (Lipinski definition) is 7. The molecule has 0 aliphatic rings. The molecule has 4 aromatic rings. The number of hydrogen-bond donors (Lipinski definition) is 1. The molecule has 0 fully saturated rings. The molecule has 0 saturated heterocycles. The first-order chi connectivity index (χ1) is 14.8. The maximum absolute atomic E-state index is 12.3. The second-order valence-electron chi connectivity index (χ2n) is 6.94. The molecule has 0 bridgehead atoms. The average molecular weight is 454 g/mol. The Bertz CT molecular complexity index is 1470. The molecule has 158 valence electrons. The van der Waals surface area contributed by atoms with E-state index in [0.717, 1.165) is 16.0 Å². The molecular weight excluding hydrogens is 434 g/mol. The lowest BCUT2D eigenvalue weighted by molar-refractivity contribution is 0.515. The Labute approximate surface area is 183 Å². The fourth-order valence-corrected chi connectivity index (χ4v) is 5.12. The molecule has 4 rings (SSSR count). The lowest BCUT2D eigenvalue weighted by Gasteiger charge is -2.04. The van der Waals surface area contributed by atoms with Gasteiger partial charge in [0.2, 0.25) is 0 Å². The highest BCUT2D eigenvalue weighted by Crippen LogP contribution is 2.34. The number of benzene rings is 2. The molecule has 0 radical (unpaired) electrons. The highest BCUT2D eigenvalue weighted by Gasteiger charge is 2.16. The first-order valence-electron chi connectivity index (χ1n) is 9.53. The van der Waals surface area contributed by atoms with Gasteiger partial charge < -0.3 is 9.52 Å². The van der Waals surface area contributed by atoms with Crippen molar-refractivity contribution >= 4 is 44.1 Å². The van der Waals surface area contributed by atoms with E-state index in [0.29, 0.717) is 4.88 Å². The standard InChI is InChI=1S/C23H19NO5S2/c1-3-31(27,28)16-9-10-20-17(12-16)24-18(23(26)29-20)13-19(25)22-14(2)11-21(30-22)15-7-5-4-6-8-15/h4-13,25H,3H2,1-2H3/b19-13-. The number of aliphatic hydroxyl groups is 1. The molecule has 2 aromatic heterocycles. The second-order valence-corrected chi connectivity index (χ2v) is 10.3. The van der Waals surface area contributed by atoms with Crippen molar-refractivity contribution in [2.75, 3.05) is 5.75 Å². The lowest BCUT2D eigenvalue weighted by Crippen LogP contribution is -2.08. The molecule has 0 atom stereocenters. The third-order valence-electron chi connectivity index (χ3n) is 4.80. The predicted octanol–water partition coefficient (Wildman–Crippen LogP) is 5.07. The molecule has 0 spiro atoms. The Morgan fingerprint density at radius 3 is 2.61 bits per heavy atom. The Hall–Kier alpha value is -3.23. The zero-order chi connectivity index (χ0) is 22.2. The normalized spacial score (nSPS) is 12.4. The van der Waals surface area contributed by atoms with Crippen molar-refractivity contribution in [2.45, 2.75) is 18.7 Å². The van der Waals surface area contributed by atoms with Crippen LogP contribution in [0.15, 0.2) is 68.7 Å². The number of fused-ring (bicyclic) bond motifs is 1. The summed E-state index contributed by atoms with van der Waals surface area (Å²) >= 11 is 1.40.